The number of nitrogens with zero attached hydrogens (tertiary/aromatic N) is 1. The monoisotopic (exact) mass is 360 g/mol. The van der Waals surface area contributed by atoms with E-state index in [0.717, 1.165) is 0 Å². The Bertz CT molecular complexity index is 918. The number of hydrogen-bond acceptors (Lipinski definition) is 3. The fourth-order valence-electron chi connectivity index (χ4n) is 3.89. The molecule has 1 N–H and O–H groups in total. The van der Waals surface area contributed by atoms with Crippen LogP contribution in [0.1, 0.15) is 23.7 Å². The summed E-state index contributed by atoms with van der Waals surface area (Å²) in [5, 5.41) is 2.82. The third-order valence-corrected chi connectivity index (χ3v) is 5.29. The molecule has 1 saturated heterocycles. The smallest absolute Gasteiger partial charge is 0.255 e. The van der Waals surface area contributed by atoms with Gasteiger partial charge in [0.05, 0.1) is 17.5 Å². The van der Waals surface area contributed by atoms with E-state index in [0.29, 0.717) is 23.4 Å². The standard InChI is InChI=1S/C22H20N2O3/c1-14-6-5-9-18-19(14)22(27)24(21(18)26)17-12-10-16(11-13-17)23-20(25)15-7-3-2-4-8-15/h2-8,10-14,18-19H,9H2,1H3,(H,23,25)/t14-,18+,19+/m1/s1. The number of carbonyl (C=O) groups excluding carboxylic acids is 3. The van der Waals surface area contributed by atoms with E-state index in [1.807, 2.05) is 25.1 Å². The maximum absolute atomic E-state index is 12.8. The second-order valence-electron chi connectivity index (χ2n) is 7.03. The molecule has 2 aliphatic rings. The molecule has 5 heteroatoms. The van der Waals surface area contributed by atoms with Crippen molar-refractivity contribution in [1.82, 2.24) is 0 Å². The Kier molecular flexibility index (Phi) is 4.36. The third-order valence-electron chi connectivity index (χ3n) is 5.29. The van der Waals surface area contributed by atoms with Gasteiger partial charge in [-0.3, -0.25) is 19.3 Å². The Morgan fingerprint density at radius 2 is 1.70 bits per heavy atom. The van der Waals surface area contributed by atoms with E-state index in [-0.39, 0.29) is 35.5 Å². The van der Waals surface area contributed by atoms with Gasteiger partial charge in [-0.1, -0.05) is 37.3 Å². The van der Waals surface area contributed by atoms with E-state index in [4.69, 9.17) is 0 Å². The number of imide groups is 1. The van der Waals surface area contributed by atoms with Crippen molar-refractivity contribution < 1.29 is 14.4 Å². The average molecular weight is 360 g/mol. The number of fused-ring (bicyclic) bond motifs is 1. The summed E-state index contributed by atoms with van der Waals surface area (Å²) in [5.74, 6) is -0.961. The number of allylic oxidation sites excluding steroid dienone is 2. The van der Waals surface area contributed by atoms with E-state index in [9.17, 15) is 14.4 Å². The van der Waals surface area contributed by atoms with Crippen molar-refractivity contribution in [2.75, 3.05) is 10.2 Å². The van der Waals surface area contributed by atoms with Crippen molar-refractivity contribution in [2.24, 2.45) is 17.8 Å². The second kappa shape index (κ2) is 6.83. The fraction of sp³-hybridized carbons (Fsp3) is 0.227. The lowest BCUT2D eigenvalue weighted by atomic mass is 9.78. The largest absolute Gasteiger partial charge is 0.322 e. The summed E-state index contributed by atoms with van der Waals surface area (Å²) >= 11 is 0. The van der Waals surface area contributed by atoms with Crippen LogP contribution in [0.25, 0.3) is 0 Å². The molecule has 3 amide bonds. The van der Waals surface area contributed by atoms with Crippen LogP contribution >= 0.6 is 0 Å². The quantitative estimate of drug-likeness (QED) is 0.671. The Morgan fingerprint density at radius 1 is 1.00 bits per heavy atom. The number of carbonyl (C=O) groups is 3. The first-order chi connectivity index (χ1) is 13.1. The van der Waals surface area contributed by atoms with Crippen LogP contribution in [0.2, 0.25) is 0 Å². The number of rotatable bonds is 3. The van der Waals surface area contributed by atoms with Crippen LogP contribution < -0.4 is 10.2 Å². The Labute approximate surface area is 157 Å². The first kappa shape index (κ1) is 17.2. The highest BCUT2D eigenvalue weighted by atomic mass is 16.2. The minimum absolute atomic E-state index is 0.0645. The van der Waals surface area contributed by atoms with Gasteiger partial charge in [0.15, 0.2) is 0 Å². The summed E-state index contributed by atoms with van der Waals surface area (Å²) in [6, 6.07) is 15.8. The fourth-order valence-corrected chi connectivity index (χ4v) is 3.89. The molecule has 2 aromatic rings. The number of benzene rings is 2. The van der Waals surface area contributed by atoms with Gasteiger partial charge >= 0.3 is 0 Å². The zero-order chi connectivity index (χ0) is 19.0. The Hall–Kier alpha value is -3.21. The van der Waals surface area contributed by atoms with Crippen molar-refractivity contribution in [2.45, 2.75) is 13.3 Å². The zero-order valence-corrected chi connectivity index (χ0v) is 15.0. The Morgan fingerprint density at radius 3 is 2.37 bits per heavy atom. The van der Waals surface area contributed by atoms with E-state index in [1.165, 1.54) is 4.90 Å². The SMILES string of the molecule is C[C@@H]1C=CC[C@@H]2C(=O)N(c3ccc(NC(=O)c4ccccc4)cc3)C(=O)[C@@H]12. The van der Waals surface area contributed by atoms with E-state index < -0.39 is 0 Å². The maximum atomic E-state index is 12.8. The summed E-state index contributed by atoms with van der Waals surface area (Å²) in [6.07, 6.45) is 4.61. The summed E-state index contributed by atoms with van der Waals surface area (Å²) in [7, 11) is 0. The van der Waals surface area contributed by atoms with E-state index in [1.54, 1.807) is 48.5 Å². The highest BCUT2D eigenvalue weighted by molar-refractivity contribution is 6.22. The highest BCUT2D eigenvalue weighted by Gasteiger charge is 2.50. The molecule has 1 aliphatic heterocycles. The Balaban J connectivity index is 1.52. The predicted octanol–water partition coefficient (Wildman–Crippen LogP) is 3.64. The molecule has 1 heterocycles. The zero-order valence-electron chi connectivity index (χ0n) is 15.0. The molecule has 27 heavy (non-hydrogen) atoms. The number of anilines is 2. The first-order valence-corrected chi connectivity index (χ1v) is 9.07. The van der Waals surface area contributed by atoms with Crippen LogP contribution in [0.5, 0.6) is 0 Å². The molecular weight excluding hydrogens is 340 g/mol. The van der Waals surface area contributed by atoms with E-state index >= 15 is 0 Å². The number of nitrogens with one attached hydrogen (secondary N) is 1. The second-order valence-corrected chi connectivity index (χ2v) is 7.03. The first-order valence-electron chi connectivity index (χ1n) is 9.07. The van der Waals surface area contributed by atoms with Gasteiger partial charge in [0.1, 0.15) is 0 Å². The van der Waals surface area contributed by atoms with E-state index in [2.05, 4.69) is 5.32 Å². The highest BCUT2D eigenvalue weighted by Crippen LogP contribution is 2.40. The summed E-state index contributed by atoms with van der Waals surface area (Å²) < 4.78 is 0. The molecule has 0 spiro atoms. The maximum Gasteiger partial charge on any atom is 0.255 e. The molecule has 0 saturated carbocycles. The van der Waals surface area contributed by atoms with Gasteiger partial charge in [-0.05, 0) is 48.7 Å². The third kappa shape index (κ3) is 3.05. The average Bonchev–Trinajstić information content (AvgIpc) is 2.95. The van der Waals surface area contributed by atoms with Crippen LogP contribution in [-0.2, 0) is 9.59 Å². The normalized spacial score (nSPS) is 24.0. The van der Waals surface area contributed by atoms with Crippen LogP contribution in [0.4, 0.5) is 11.4 Å². The van der Waals surface area contributed by atoms with Gasteiger partial charge in [0.2, 0.25) is 11.8 Å². The van der Waals surface area contributed by atoms with Crippen LogP contribution in [0.3, 0.4) is 0 Å². The van der Waals surface area contributed by atoms with Gasteiger partial charge in [0, 0.05) is 11.3 Å². The van der Waals surface area contributed by atoms with Crippen LogP contribution in [0, 0.1) is 17.8 Å². The summed E-state index contributed by atoms with van der Waals surface area (Å²) in [4.78, 5) is 39.1. The van der Waals surface area contributed by atoms with Gasteiger partial charge in [0.25, 0.3) is 5.91 Å². The molecule has 136 valence electrons. The van der Waals surface area contributed by atoms with Crippen molar-refractivity contribution in [1.29, 1.82) is 0 Å². The van der Waals surface area contributed by atoms with Crippen molar-refractivity contribution in [3.05, 3.63) is 72.3 Å². The lowest BCUT2D eigenvalue weighted by Gasteiger charge is -2.22. The number of amides is 3. The van der Waals surface area contributed by atoms with Gasteiger partial charge in [-0.25, -0.2) is 0 Å². The minimum atomic E-state index is -0.278. The van der Waals surface area contributed by atoms with Gasteiger partial charge < -0.3 is 5.32 Å². The van der Waals surface area contributed by atoms with Crippen molar-refractivity contribution in [3.8, 4) is 0 Å². The molecule has 0 aromatic heterocycles. The van der Waals surface area contributed by atoms with Crippen LogP contribution in [-0.4, -0.2) is 17.7 Å². The summed E-state index contributed by atoms with van der Waals surface area (Å²) in [6.45, 7) is 1.98. The molecule has 0 bridgehead atoms. The van der Waals surface area contributed by atoms with Crippen molar-refractivity contribution >= 4 is 29.1 Å². The van der Waals surface area contributed by atoms with Gasteiger partial charge in [-0.2, -0.15) is 0 Å². The lowest BCUT2D eigenvalue weighted by Crippen LogP contribution is -2.31. The topological polar surface area (TPSA) is 66.5 Å². The molecule has 2 aromatic carbocycles. The van der Waals surface area contributed by atoms with Crippen LogP contribution in [0.15, 0.2) is 66.7 Å². The minimum Gasteiger partial charge on any atom is -0.322 e. The number of hydrogen-bond donors (Lipinski definition) is 1. The molecule has 0 unspecified atom stereocenters. The predicted molar refractivity (Wildman–Crippen MR) is 103 cm³/mol. The van der Waals surface area contributed by atoms with Crippen molar-refractivity contribution in [3.63, 3.8) is 0 Å². The lowest BCUT2D eigenvalue weighted by molar-refractivity contribution is -0.122. The molecular formula is C22H20N2O3. The molecule has 4 rings (SSSR count). The molecule has 1 aliphatic carbocycles. The molecule has 1 fully saturated rings. The summed E-state index contributed by atoms with van der Waals surface area (Å²) in [5.41, 5.74) is 1.72. The molecule has 5 nitrogen and oxygen atoms in total. The molecule has 3 atom stereocenters. The molecule has 0 radical (unpaired) electrons. The van der Waals surface area contributed by atoms with Gasteiger partial charge in [-0.15, -0.1) is 0 Å².